The van der Waals surface area contributed by atoms with Gasteiger partial charge in [-0.2, -0.15) is 0 Å². The van der Waals surface area contributed by atoms with E-state index in [0.29, 0.717) is 0 Å². The summed E-state index contributed by atoms with van der Waals surface area (Å²) in [7, 11) is 0. The first-order valence-electron chi connectivity index (χ1n) is 8.90. The number of nitrogens with two attached hydrogens (primary N) is 1. The van der Waals surface area contributed by atoms with Crippen LogP contribution in [0.25, 0.3) is 0 Å². The van der Waals surface area contributed by atoms with Gasteiger partial charge in [0.1, 0.15) is 0 Å². The first kappa shape index (κ1) is 16.7. The van der Waals surface area contributed by atoms with Crippen molar-refractivity contribution < 1.29 is 0 Å². The fraction of sp³-hybridized carbons (Fsp3) is 0.400. The quantitative estimate of drug-likeness (QED) is 0.857. The summed E-state index contributed by atoms with van der Waals surface area (Å²) in [4.78, 5) is 4.92. The number of rotatable bonds is 6. The van der Waals surface area contributed by atoms with Crippen LogP contribution in [0.3, 0.4) is 0 Å². The highest BCUT2D eigenvalue weighted by atomic mass is 15.3. The monoisotopic (exact) mass is 324 g/mol. The lowest BCUT2D eigenvalue weighted by molar-refractivity contribution is 0.653. The third-order valence-corrected chi connectivity index (χ3v) is 4.73. The van der Waals surface area contributed by atoms with Crippen LogP contribution in [0.4, 0.5) is 17.1 Å². The third kappa shape index (κ3) is 4.20. The van der Waals surface area contributed by atoms with E-state index < -0.39 is 0 Å². The Hall–Kier alpha value is -2.20. The van der Waals surface area contributed by atoms with Crippen LogP contribution < -0.4 is 20.9 Å². The van der Waals surface area contributed by atoms with Crippen LogP contribution in [0.1, 0.15) is 13.3 Å². The molecule has 0 saturated carbocycles. The summed E-state index contributed by atoms with van der Waals surface area (Å²) in [5.74, 6) is 0. The Morgan fingerprint density at radius 2 is 1.42 bits per heavy atom. The van der Waals surface area contributed by atoms with Gasteiger partial charge in [-0.05, 0) is 42.8 Å². The van der Waals surface area contributed by atoms with E-state index in [1.54, 1.807) is 0 Å². The lowest BCUT2D eigenvalue weighted by Crippen LogP contribution is -2.46. The molecular formula is C20H28N4. The van der Waals surface area contributed by atoms with Gasteiger partial charge in [-0.1, -0.05) is 25.1 Å². The van der Waals surface area contributed by atoms with Crippen molar-refractivity contribution in [3.63, 3.8) is 0 Å². The van der Waals surface area contributed by atoms with Gasteiger partial charge in [-0.3, -0.25) is 0 Å². The summed E-state index contributed by atoms with van der Waals surface area (Å²) in [5.41, 5.74) is 9.72. The van der Waals surface area contributed by atoms with Crippen LogP contribution in [-0.4, -0.2) is 38.8 Å². The Labute approximate surface area is 145 Å². The molecule has 0 bridgehead atoms. The molecule has 4 nitrogen and oxygen atoms in total. The molecule has 1 fully saturated rings. The Morgan fingerprint density at radius 3 is 1.96 bits per heavy atom. The predicted octanol–water partition coefficient (Wildman–Crippen LogP) is 3.16. The van der Waals surface area contributed by atoms with Gasteiger partial charge in [-0.25, -0.2) is 0 Å². The van der Waals surface area contributed by atoms with E-state index in [-0.39, 0.29) is 6.04 Å². The number of piperazine rings is 1. The Bertz CT molecular complexity index is 603. The molecule has 3 rings (SSSR count). The number of anilines is 3. The van der Waals surface area contributed by atoms with Crippen molar-refractivity contribution in [3.05, 3.63) is 54.6 Å². The molecule has 4 heteroatoms. The maximum Gasteiger partial charge on any atom is 0.0368 e. The minimum absolute atomic E-state index is 0.218. The van der Waals surface area contributed by atoms with Gasteiger partial charge < -0.3 is 20.9 Å². The van der Waals surface area contributed by atoms with Crippen LogP contribution in [0.5, 0.6) is 0 Å². The highest BCUT2D eigenvalue weighted by molar-refractivity contribution is 5.56. The molecule has 1 aliphatic rings. The topological polar surface area (TPSA) is 44.5 Å². The fourth-order valence-corrected chi connectivity index (χ4v) is 3.05. The molecule has 1 unspecified atom stereocenters. The van der Waals surface area contributed by atoms with Crippen molar-refractivity contribution >= 4 is 17.1 Å². The van der Waals surface area contributed by atoms with Gasteiger partial charge in [0, 0.05) is 55.8 Å². The standard InChI is InChI=1S/C20H28N4/c1-2-17(21)16-22-18-8-10-20(11-9-18)24-14-12-23(13-15-24)19-6-4-3-5-7-19/h3-11,17,22H,2,12-16,21H2,1H3. The average Bonchev–Trinajstić information content (AvgIpc) is 2.67. The average molecular weight is 324 g/mol. The minimum Gasteiger partial charge on any atom is -0.383 e. The lowest BCUT2D eigenvalue weighted by atomic mass is 10.2. The van der Waals surface area contributed by atoms with Crippen LogP contribution in [0.15, 0.2) is 54.6 Å². The molecular weight excluding hydrogens is 296 g/mol. The van der Waals surface area contributed by atoms with Crippen molar-refractivity contribution in [1.29, 1.82) is 0 Å². The van der Waals surface area contributed by atoms with Crippen molar-refractivity contribution in [2.75, 3.05) is 47.8 Å². The predicted molar refractivity (Wildman–Crippen MR) is 104 cm³/mol. The van der Waals surface area contributed by atoms with Gasteiger partial charge >= 0.3 is 0 Å². The normalized spacial score (nSPS) is 16.1. The molecule has 0 aromatic heterocycles. The molecule has 24 heavy (non-hydrogen) atoms. The molecule has 2 aromatic carbocycles. The molecule has 128 valence electrons. The first-order chi connectivity index (χ1) is 11.8. The Morgan fingerprint density at radius 1 is 0.875 bits per heavy atom. The highest BCUT2D eigenvalue weighted by Crippen LogP contribution is 2.22. The number of nitrogens with zero attached hydrogens (tertiary/aromatic N) is 2. The van der Waals surface area contributed by atoms with Gasteiger partial charge in [0.25, 0.3) is 0 Å². The molecule has 3 N–H and O–H groups in total. The Kier molecular flexibility index (Phi) is 5.59. The second kappa shape index (κ2) is 8.06. The molecule has 1 heterocycles. The third-order valence-electron chi connectivity index (χ3n) is 4.73. The van der Waals surface area contributed by atoms with E-state index in [1.165, 1.54) is 11.4 Å². The fourth-order valence-electron chi connectivity index (χ4n) is 3.05. The Balaban J connectivity index is 1.53. The van der Waals surface area contributed by atoms with E-state index in [9.17, 15) is 0 Å². The SMILES string of the molecule is CCC(N)CNc1ccc(N2CCN(c3ccccc3)CC2)cc1. The largest absolute Gasteiger partial charge is 0.383 e. The van der Waals surface area contributed by atoms with Crippen LogP contribution in [0.2, 0.25) is 0 Å². The summed E-state index contributed by atoms with van der Waals surface area (Å²) in [6.45, 7) is 7.19. The van der Waals surface area contributed by atoms with Gasteiger partial charge in [0.2, 0.25) is 0 Å². The molecule has 2 aromatic rings. The van der Waals surface area contributed by atoms with E-state index in [2.05, 4.69) is 76.6 Å². The number of para-hydroxylation sites is 1. The first-order valence-corrected chi connectivity index (χ1v) is 8.90. The van der Waals surface area contributed by atoms with Crippen LogP contribution in [0, 0.1) is 0 Å². The molecule has 0 amide bonds. The number of benzene rings is 2. The van der Waals surface area contributed by atoms with Crippen molar-refractivity contribution in [1.82, 2.24) is 0 Å². The van der Waals surface area contributed by atoms with Crippen LogP contribution >= 0.6 is 0 Å². The highest BCUT2D eigenvalue weighted by Gasteiger charge is 2.17. The summed E-state index contributed by atoms with van der Waals surface area (Å²) in [6.07, 6.45) is 0.997. The second-order valence-electron chi connectivity index (χ2n) is 6.41. The van der Waals surface area contributed by atoms with Gasteiger partial charge in [0.15, 0.2) is 0 Å². The number of nitrogens with one attached hydrogen (secondary N) is 1. The maximum absolute atomic E-state index is 5.95. The van der Waals surface area contributed by atoms with E-state index in [0.717, 1.165) is 44.8 Å². The van der Waals surface area contributed by atoms with Crippen LogP contribution in [-0.2, 0) is 0 Å². The van der Waals surface area contributed by atoms with E-state index >= 15 is 0 Å². The maximum atomic E-state index is 5.95. The van der Waals surface area contributed by atoms with Crippen molar-refractivity contribution in [2.45, 2.75) is 19.4 Å². The zero-order valence-electron chi connectivity index (χ0n) is 14.5. The van der Waals surface area contributed by atoms with Gasteiger partial charge in [-0.15, -0.1) is 0 Å². The van der Waals surface area contributed by atoms with Crippen molar-refractivity contribution in [3.8, 4) is 0 Å². The number of hydrogen-bond acceptors (Lipinski definition) is 4. The molecule has 1 saturated heterocycles. The lowest BCUT2D eigenvalue weighted by Gasteiger charge is -2.37. The summed E-state index contributed by atoms with van der Waals surface area (Å²) >= 11 is 0. The smallest absolute Gasteiger partial charge is 0.0368 e. The van der Waals surface area contributed by atoms with E-state index in [1.807, 2.05) is 0 Å². The zero-order chi connectivity index (χ0) is 16.8. The van der Waals surface area contributed by atoms with Crippen molar-refractivity contribution in [2.24, 2.45) is 5.73 Å². The molecule has 1 atom stereocenters. The molecule has 0 radical (unpaired) electrons. The summed E-state index contributed by atoms with van der Waals surface area (Å²) < 4.78 is 0. The minimum atomic E-state index is 0.218. The van der Waals surface area contributed by atoms with E-state index in [4.69, 9.17) is 5.73 Å². The summed E-state index contributed by atoms with van der Waals surface area (Å²) in [6, 6.07) is 19.6. The molecule has 1 aliphatic heterocycles. The second-order valence-corrected chi connectivity index (χ2v) is 6.41. The zero-order valence-corrected chi connectivity index (χ0v) is 14.5. The molecule has 0 spiro atoms. The molecule has 0 aliphatic carbocycles. The summed E-state index contributed by atoms with van der Waals surface area (Å²) in [5, 5.41) is 3.40. The number of hydrogen-bond donors (Lipinski definition) is 2. The van der Waals surface area contributed by atoms with Gasteiger partial charge in [0.05, 0.1) is 0 Å².